The molecule has 1 saturated carbocycles. The molecule has 66 heavy (non-hydrogen) atoms. The molecular weight excluding hydrogens is 837 g/mol. The number of carbonyl (C=O) groups excluding carboxylic acids is 4. The molecule has 5 aliphatic rings. The number of aliphatic hydroxyl groups is 1. The van der Waals surface area contributed by atoms with Crippen LogP contribution in [0, 0.1) is 13.8 Å². The number of piperazine rings is 1. The number of nitrogens with zero attached hydrogens (tertiary/aromatic N) is 8. The second-order valence-corrected chi connectivity index (χ2v) is 18.8. The van der Waals surface area contributed by atoms with Crippen LogP contribution in [0.25, 0.3) is 11.0 Å². The Labute approximate surface area is 383 Å². The summed E-state index contributed by atoms with van der Waals surface area (Å²) >= 11 is 0. The van der Waals surface area contributed by atoms with Crippen LogP contribution in [-0.4, -0.2) is 103 Å². The number of anilines is 4. The van der Waals surface area contributed by atoms with E-state index in [1.165, 1.54) is 23.7 Å². The predicted molar refractivity (Wildman–Crippen MR) is 250 cm³/mol. The smallest absolute Gasteiger partial charge is 0.263 e. The number of aromatic nitrogens is 4. The standard InChI is InChI=1S/C50H56N10O6/c1-30-24-33(28-56-18-16-50(66,17-19-56)35-9-11-38-34(25-35)29-59(47(38)64)41-13-15-43(62)54-46(41)63)8-12-40(30)58-22-20-57(21-23-58)37-10-14-42(51-26-37)53-49-52-27-39-31(2)44(32(3)61)48(65)60(45(39)55-49)36-6-4-5-7-36/h8-12,14,24-27,36,41,66H,4-7,13,15-23,28-29H2,1-3H3,(H,54,62,63)(H,51,52,53,55). The molecule has 3 saturated heterocycles. The van der Waals surface area contributed by atoms with Crippen LogP contribution in [0.5, 0.6) is 0 Å². The van der Waals surface area contributed by atoms with Crippen LogP contribution in [0.3, 0.4) is 0 Å². The van der Waals surface area contributed by atoms with Crippen molar-refractivity contribution in [1.29, 1.82) is 0 Å². The van der Waals surface area contributed by atoms with Gasteiger partial charge < -0.3 is 25.1 Å². The van der Waals surface area contributed by atoms with Gasteiger partial charge >= 0.3 is 0 Å². The number of benzene rings is 2. The Morgan fingerprint density at radius 1 is 0.879 bits per heavy atom. The Kier molecular flexibility index (Phi) is 11.4. The van der Waals surface area contributed by atoms with Gasteiger partial charge in [-0.05, 0) is 105 Å². The van der Waals surface area contributed by atoms with Gasteiger partial charge in [-0.1, -0.05) is 37.1 Å². The lowest BCUT2D eigenvalue weighted by atomic mass is 9.83. The summed E-state index contributed by atoms with van der Waals surface area (Å²) in [6.45, 7) is 11.4. The maximum absolute atomic E-state index is 13.6. The number of Topliss-reactive ketones (excluding diaryl/α,β-unsaturated/α-hetero) is 1. The average Bonchev–Trinajstić information content (AvgIpc) is 3.95. The number of pyridine rings is 2. The molecule has 3 N–H and O–H groups in total. The summed E-state index contributed by atoms with van der Waals surface area (Å²) in [7, 11) is 0. The van der Waals surface area contributed by atoms with Crippen LogP contribution in [0.15, 0.2) is 65.7 Å². The Bertz CT molecular complexity index is 2820. The molecule has 3 amide bonds. The van der Waals surface area contributed by atoms with Gasteiger partial charge in [0.2, 0.25) is 17.8 Å². The van der Waals surface area contributed by atoms with E-state index in [2.05, 4.69) is 61.5 Å². The first-order chi connectivity index (χ1) is 31.8. The first-order valence-electron chi connectivity index (χ1n) is 23.3. The van der Waals surface area contributed by atoms with Crippen LogP contribution < -0.4 is 26.0 Å². The van der Waals surface area contributed by atoms with E-state index in [-0.39, 0.29) is 47.7 Å². The molecule has 342 valence electrons. The molecule has 16 nitrogen and oxygen atoms in total. The second kappa shape index (κ2) is 17.4. The molecule has 10 rings (SSSR count). The summed E-state index contributed by atoms with van der Waals surface area (Å²) in [6.07, 6.45) is 9.07. The van der Waals surface area contributed by atoms with Gasteiger partial charge in [-0.25, -0.2) is 9.97 Å². The van der Waals surface area contributed by atoms with Gasteiger partial charge in [-0.2, -0.15) is 4.98 Å². The van der Waals surface area contributed by atoms with Gasteiger partial charge in [0.1, 0.15) is 17.5 Å². The highest BCUT2D eigenvalue weighted by Gasteiger charge is 2.41. The highest BCUT2D eigenvalue weighted by molar-refractivity contribution is 6.05. The summed E-state index contributed by atoms with van der Waals surface area (Å²) < 4.78 is 1.72. The van der Waals surface area contributed by atoms with Crippen molar-refractivity contribution in [3.05, 3.63) is 110 Å². The van der Waals surface area contributed by atoms with Crippen LogP contribution in [0.2, 0.25) is 0 Å². The quantitative estimate of drug-likeness (QED) is 0.119. The fourth-order valence-corrected chi connectivity index (χ4v) is 10.9. The van der Waals surface area contributed by atoms with Crippen molar-refractivity contribution in [2.45, 2.75) is 103 Å². The van der Waals surface area contributed by atoms with Gasteiger partial charge in [-0.3, -0.25) is 38.8 Å². The molecule has 16 heteroatoms. The van der Waals surface area contributed by atoms with E-state index in [1.54, 1.807) is 28.7 Å². The van der Waals surface area contributed by atoms with Crippen molar-refractivity contribution in [2.24, 2.45) is 0 Å². The van der Waals surface area contributed by atoms with Crippen LogP contribution in [-0.2, 0) is 28.3 Å². The summed E-state index contributed by atoms with van der Waals surface area (Å²) in [5.41, 5.74) is 6.98. The molecule has 0 spiro atoms. The average molecular weight is 893 g/mol. The zero-order valence-corrected chi connectivity index (χ0v) is 37.8. The number of rotatable bonds is 10. The number of aryl methyl sites for hydroxylation is 2. The first kappa shape index (κ1) is 43.4. The molecule has 1 aliphatic carbocycles. The number of amides is 3. The van der Waals surface area contributed by atoms with E-state index in [9.17, 15) is 29.1 Å². The van der Waals surface area contributed by atoms with E-state index >= 15 is 0 Å². The highest BCUT2D eigenvalue weighted by atomic mass is 16.3. The number of likely N-dealkylation sites (tertiary alicyclic amines) is 1. The Balaban J connectivity index is 0.725. The number of carbonyl (C=O) groups is 4. The van der Waals surface area contributed by atoms with E-state index in [1.807, 2.05) is 24.4 Å². The van der Waals surface area contributed by atoms with Crippen molar-refractivity contribution >= 4 is 57.7 Å². The first-order valence-corrected chi connectivity index (χ1v) is 23.3. The van der Waals surface area contributed by atoms with Crippen molar-refractivity contribution < 1.29 is 24.3 Å². The van der Waals surface area contributed by atoms with Gasteiger partial charge in [0.05, 0.1) is 23.0 Å². The van der Waals surface area contributed by atoms with Crippen molar-refractivity contribution in [3.63, 3.8) is 0 Å². The van der Waals surface area contributed by atoms with Crippen molar-refractivity contribution in [1.82, 2.24) is 34.6 Å². The molecule has 5 aromatic rings. The SMILES string of the molecule is CC(=O)c1c(C)c2cnc(Nc3ccc(N4CCN(c5ccc(CN6CCC(O)(c7ccc8c(c7)CN(C7CCC(=O)NC7=O)C8=O)CC6)cc5C)CC4)cn3)nc2n(C2CCCC2)c1=O. The number of hydrogen-bond acceptors (Lipinski definition) is 13. The number of imide groups is 1. The van der Waals surface area contributed by atoms with Crippen LogP contribution in [0.4, 0.5) is 23.1 Å². The lowest BCUT2D eigenvalue weighted by Crippen LogP contribution is -2.52. The zero-order chi connectivity index (χ0) is 45.9. The minimum Gasteiger partial charge on any atom is -0.385 e. The van der Waals surface area contributed by atoms with Gasteiger partial charge in [0.25, 0.3) is 11.5 Å². The summed E-state index contributed by atoms with van der Waals surface area (Å²) in [6, 6.07) is 15.6. The van der Waals surface area contributed by atoms with Crippen LogP contribution >= 0.6 is 0 Å². The largest absolute Gasteiger partial charge is 0.385 e. The second-order valence-electron chi connectivity index (χ2n) is 18.8. The highest BCUT2D eigenvalue weighted by Crippen LogP contribution is 2.38. The molecule has 7 heterocycles. The van der Waals surface area contributed by atoms with E-state index in [0.29, 0.717) is 53.2 Å². The zero-order valence-electron chi connectivity index (χ0n) is 37.8. The molecule has 0 radical (unpaired) electrons. The van der Waals surface area contributed by atoms with Crippen molar-refractivity contribution in [3.8, 4) is 0 Å². The molecule has 1 unspecified atom stereocenters. The number of ketones is 1. The molecule has 4 aliphatic heterocycles. The predicted octanol–water partition coefficient (Wildman–Crippen LogP) is 5.44. The fourth-order valence-electron chi connectivity index (χ4n) is 10.9. The Morgan fingerprint density at radius 2 is 1.64 bits per heavy atom. The lowest BCUT2D eigenvalue weighted by molar-refractivity contribution is -0.136. The maximum atomic E-state index is 13.6. The van der Waals surface area contributed by atoms with E-state index in [0.717, 1.165) is 88.3 Å². The van der Waals surface area contributed by atoms with E-state index < -0.39 is 17.6 Å². The normalized spacial score (nSPS) is 20.3. The molecular formula is C50H56N10O6. The molecule has 0 bridgehead atoms. The Hall–Kier alpha value is -6.52. The monoisotopic (exact) mass is 892 g/mol. The summed E-state index contributed by atoms with van der Waals surface area (Å²) in [5.74, 6) is -0.252. The summed E-state index contributed by atoms with van der Waals surface area (Å²) in [5, 5.41) is 18.1. The minimum atomic E-state index is -1.01. The third-order valence-corrected chi connectivity index (χ3v) is 14.6. The summed E-state index contributed by atoms with van der Waals surface area (Å²) in [4.78, 5) is 86.3. The lowest BCUT2D eigenvalue weighted by Gasteiger charge is -2.39. The fraction of sp³-hybridized carbons (Fsp3) is 0.440. The maximum Gasteiger partial charge on any atom is 0.263 e. The topological polar surface area (TPSA) is 186 Å². The van der Waals surface area contributed by atoms with Gasteiger partial charge in [0, 0.05) is 87.7 Å². The minimum absolute atomic E-state index is 0.00504. The molecule has 2 aromatic carbocycles. The third-order valence-electron chi connectivity index (χ3n) is 14.6. The van der Waals surface area contributed by atoms with Gasteiger partial charge in [0.15, 0.2) is 5.78 Å². The number of nitrogens with one attached hydrogen (secondary N) is 2. The molecule has 4 fully saturated rings. The van der Waals surface area contributed by atoms with Gasteiger partial charge in [-0.15, -0.1) is 0 Å². The number of fused-ring (bicyclic) bond motifs is 2. The molecule has 3 aromatic heterocycles. The molecule has 1 atom stereocenters. The van der Waals surface area contributed by atoms with E-state index in [4.69, 9.17) is 9.97 Å². The number of piperidine rings is 2. The number of hydrogen-bond donors (Lipinski definition) is 3. The van der Waals surface area contributed by atoms with Crippen molar-refractivity contribution in [2.75, 3.05) is 54.4 Å². The third kappa shape index (κ3) is 8.10. The van der Waals surface area contributed by atoms with Crippen LogP contribution in [0.1, 0.15) is 113 Å². The Morgan fingerprint density at radius 3 is 2.33 bits per heavy atom.